The lowest BCUT2D eigenvalue weighted by molar-refractivity contribution is 0.0697. The fourth-order valence-corrected chi connectivity index (χ4v) is 4.74. The first kappa shape index (κ1) is 19.1. The van der Waals surface area contributed by atoms with E-state index in [0.717, 1.165) is 5.56 Å². The van der Waals surface area contributed by atoms with Crippen molar-refractivity contribution in [1.82, 2.24) is 9.29 Å². The molecule has 1 aliphatic heterocycles. The molecule has 8 nitrogen and oxygen atoms in total. The number of aryl methyl sites for hydroxylation is 1. The molecule has 0 bridgehead atoms. The molecular formula is C18H21N3O5S. The summed E-state index contributed by atoms with van der Waals surface area (Å²) in [5, 5.41) is 9.32. The summed E-state index contributed by atoms with van der Waals surface area (Å²) < 4.78 is 32.7. The largest absolute Gasteiger partial charge is 0.495 e. The maximum Gasteiger partial charge on any atom is 0.339 e. The Morgan fingerprint density at radius 3 is 2.52 bits per heavy atom. The number of aromatic carboxylic acids is 1. The van der Waals surface area contributed by atoms with Crippen LogP contribution in [0.3, 0.4) is 0 Å². The average molecular weight is 391 g/mol. The van der Waals surface area contributed by atoms with E-state index in [1.54, 1.807) is 29.2 Å². The molecule has 1 saturated heterocycles. The van der Waals surface area contributed by atoms with Crippen LogP contribution in [0.5, 0.6) is 5.75 Å². The van der Waals surface area contributed by atoms with E-state index in [1.807, 2.05) is 6.92 Å². The van der Waals surface area contributed by atoms with Crippen molar-refractivity contribution in [2.45, 2.75) is 11.8 Å². The molecule has 1 aliphatic rings. The molecule has 9 heteroatoms. The third-order valence-corrected chi connectivity index (χ3v) is 6.41. The Balaban J connectivity index is 1.82. The zero-order valence-corrected chi connectivity index (χ0v) is 15.9. The highest BCUT2D eigenvalue weighted by molar-refractivity contribution is 7.89. The third-order valence-electron chi connectivity index (χ3n) is 4.49. The Kier molecular flexibility index (Phi) is 5.33. The summed E-state index contributed by atoms with van der Waals surface area (Å²) in [4.78, 5) is 17.5. The molecule has 0 amide bonds. The van der Waals surface area contributed by atoms with E-state index < -0.39 is 16.0 Å². The van der Waals surface area contributed by atoms with Crippen LogP contribution in [0.15, 0.2) is 41.4 Å². The standard InChI is InChI=1S/C18H21N3O5S/c1-13-5-6-15(26-2)16(12-13)27(24,25)21-10-8-20(9-11-21)17-14(18(22)23)4-3-7-19-17/h3-7,12H,8-11H2,1-2H3,(H,22,23). The number of hydrogen-bond acceptors (Lipinski definition) is 6. The second-order valence-corrected chi connectivity index (χ2v) is 8.13. The van der Waals surface area contributed by atoms with Gasteiger partial charge in [0.25, 0.3) is 0 Å². The smallest absolute Gasteiger partial charge is 0.339 e. The van der Waals surface area contributed by atoms with Gasteiger partial charge in [-0.25, -0.2) is 18.2 Å². The lowest BCUT2D eigenvalue weighted by atomic mass is 10.2. The van der Waals surface area contributed by atoms with Crippen molar-refractivity contribution in [3.8, 4) is 5.75 Å². The summed E-state index contributed by atoms with van der Waals surface area (Å²) in [5.74, 6) is -0.395. The zero-order chi connectivity index (χ0) is 19.6. The van der Waals surface area contributed by atoms with Crippen LogP contribution in [0.1, 0.15) is 15.9 Å². The molecule has 144 valence electrons. The van der Waals surface area contributed by atoms with Crippen LogP contribution in [0.25, 0.3) is 0 Å². The number of carboxylic acids is 1. The number of carboxylic acid groups (broad SMARTS) is 1. The lowest BCUT2D eigenvalue weighted by Crippen LogP contribution is -2.49. The number of ether oxygens (including phenoxy) is 1. The highest BCUT2D eigenvalue weighted by Gasteiger charge is 2.32. The van der Waals surface area contributed by atoms with Gasteiger partial charge in [0.05, 0.1) is 7.11 Å². The van der Waals surface area contributed by atoms with Gasteiger partial charge in [-0.05, 0) is 36.8 Å². The summed E-state index contributed by atoms with van der Waals surface area (Å²) in [6.45, 7) is 2.99. The maximum absolute atomic E-state index is 13.1. The minimum atomic E-state index is -3.71. The van der Waals surface area contributed by atoms with Crippen molar-refractivity contribution >= 4 is 21.8 Å². The number of benzene rings is 1. The van der Waals surface area contributed by atoms with Gasteiger partial charge in [-0.3, -0.25) is 0 Å². The molecule has 1 N–H and O–H groups in total. The minimum Gasteiger partial charge on any atom is -0.495 e. The second kappa shape index (κ2) is 7.53. The van der Waals surface area contributed by atoms with Crippen molar-refractivity contribution in [2.75, 3.05) is 38.2 Å². The van der Waals surface area contributed by atoms with Gasteiger partial charge < -0.3 is 14.7 Å². The fourth-order valence-electron chi connectivity index (χ4n) is 3.08. The molecule has 0 atom stereocenters. The molecule has 2 heterocycles. The predicted molar refractivity (Wildman–Crippen MR) is 99.9 cm³/mol. The summed E-state index contributed by atoms with van der Waals surface area (Å²) in [5.41, 5.74) is 0.932. The minimum absolute atomic E-state index is 0.106. The van der Waals surface area contributed by atoms with Crippen molar-refractivity contribution in [3.05, 3.63) is 47.7 Å². The molecule has 27 heavy (non-hydrogen) atoms. The molecule has 0 aliphatic carbocycles. The highest BCUT2D eigenvalue weighted by Crippen LogP contribution is 2.29. The molecule has 2 aromatic rings. The average Bonchev–Trinajstić information content (AvgIpc) is 2.68. The summed E-state index contributed by atoms with van der Waals surface area (Å²) in [6.07, 6.45) is 1.53. The monoisotopic (exact) mass is 391 g/mol. The van der Waals surface area contributed by atoms with Gasteiger partial charge in [0, 0.05) is 32.4 Å². The van der Waals surface area contributed by atoms with E-state index in [4.69, 9.17) is 4.74 Å². The number of sulfonamides is 1. The number of methoxy groups -OCH3 is 1. The zero-order valence-electron chi connectivity index (χ0n) is 15.1. The van der Waals surface area contributed by atoms with Gasteiger partial charge in [-0.1, -0.05) is 6.07 Å². The van der Waals surface area contributed by atoms with E-state index in [0.29, 0.717) is 24.7 Å². The van der Waals surface area contributed by atoms with Crippen LogP contribution >= 0.6 is 0 Å². The normalized spacial score (nSPS) is 15.6. The van der Waals surface area contributed by atoms with Gasteiger partial charge in [-0.2, -0.15) is 4.31 Å². The fraction of sp³-hybridized carbons (Fsp3) is 0.333. The van der Waals surface area contributed by atoms with Gasteiger partial charge in [0.2, 0.25) is 10.0 Å². The van der Waals surface area contributed by atoms with E-state index in [1.165, 1.54) is 23.7 Å². The van der Waals surface area contributed by atoms with E-state index in [2.05, 4.69) is 4.98 Å². The molecule has 0 unspecified atom stereocenters. The highest BCUT2D eigenvalue weighted by atomic mass is 32.2. The number of anilines is 1. The molecule has 0 spiro atoms. The number of aromatic nitrogens is 1. The van der Waals surface area contributed by atoms with Crippen LogP contribution in [-0.2, 0) is 10.0 Å². The molecule has 1 aromatic carbocycles. The van der Waals surface area contributed by atoms with Crippen molar-refractivity contribution in [1.29, 1.82) is 0 Å². The summed E-state index contributed by atoms with van der Waals surface area (Å²) in [7, 11) is -2.27. The van der Waals surface area contributed by atoms with Crippen LogP contribution < -0.4 is 9.64 Å². The van der Waals surface area contributed by atoms with Gasteiger partial charge in [0.15, 0.2) is 0 Å². The van der Waals surface area contributed by atoms with Gasteiger partial charge >= 0.3 is 5.97 Å². The Morgan fingerprint density at radius 1 is 1.19 bits per heavy atom. The molecule has 3 rings (SSSR count). The van der Waals surface area contributed by atoms with Crippen LogP contribution in [0.4, 0.5) is 5.82 Å². The van der Waals surface area contributed by atoms with E-state index >= 15 is 0 Å². The van der Waals surface area contributed by atoms with Crippen LogP contribution in [0.2, 0.25) is 0 Å². The van der Waals surface area contributed by atoms with Gasteiger partial charge in [0.1, 0.15) is 22.0 Å². The number of piperazine rings is 1. The number of hydrogen-bond donors (Lipinski definition) is 1. The summed E-state index contributed by atoms with van der Waals surface area (Å²) >= 11 is 0. The second-order valence-electron chi connectivity index (χ2n) is 6.23. The Bertz CT molecular complexity index is 953. The molecule has 0 saturated carbocycles. The SMILES string of the molecule is COc1ccc(C)cc1S(=O)(=O)N1CCN(c2ncccc2C(=O)O)CC1. The first-order valence-electron chi connectivity index (χ1n) is 8.42. The van der Waals surface area contributed by atoms with Crippen LogP contribution in [-0.4, -0.2) is 62.1 Å². The number of rotatable bonds is 5. The van der Waals surface area contributed by atoms with E-state index in [-0.39, 0.29) is 23.5 Å². The molecular weight excluding hydrogens is 370 g/mol. The Hall–Kier alpha value is -2.65. The van der Waals surface area contributed by atoms with Gasteiger partial charge in [-0.15, -0.1) is 0 Å². The molecule has 0 radical (unpaired) electrons. The first-order chi connectivity index (χ1) is 12.8. The predicted octanol–water partition coefficient (Wildman–Crippen LogP) is 1.61. The Labute approximate surface area is 158 Å². The third kappa shape index (κ3) is 3.74. The quantitative estimate of drug-likeness (QED) is 0.826. The van der Waals surface area contributed by atoms with Crippen molar-refractivity contribution < 1.29 is 23.1 Å². The number of carbonyl (C=O) groups is 1. The Morgan fingerprint density at radius 2 is 1.89 bits per heavy atom. The van der Waals surface area contributed by atoms with Crippen molar-refractivity contribution in [3.63, 3.8) is 0 Å². The first-order valence-corrected chi connectivity index (χ1v) is 9.86. The van der Waals surface area contributed by atoms with Crippen molar-refractivity contribution in [2.24, 2.45) is 0 Å². The maximum atomic E-state index is 13.1. The number of pyridine rings is 1. The lowest BCUT2D eigenvalue weighted by Gasteiger charge is -2.35. The molecule has 1 fully saturated rings. The van der Waals surface area contributed by atoms with Crippen LogP contribution in [0, 0.1) is 6.92 Å². The topological polar surface area (TPSA) is 100 Å². The van der Waals surface area contributed by atoms with E-state index in [9.17, 15) is 18.3 Å². The number of nitrogens with zero attached hydrogens (tertiary/aromatic N) is 3. The summed E-state index contributed by atoms with van der Waals surface area (Å²) in [6, 6.07) is 8.10. The molecule has 1 aromatic heterocycles.